The second-order valence-corrected chi connectivity index (χ2v) is 4.39. The van der Waals surface area contributed by atoms with Crippen molar-refractivity contribution in [2.24, 2.45) is 0 Å². The third-order valence-electron chi connectivity index (χ3n) is 3.09. The number of rotatable bonds is 2. The van der Waals surface area contributed by atoms with E-state index in [4.69, 9.17) is 10.8 Å². The summed E-state index contributed by atoms with van der Waals surface area (Å²) in [6.45, 7) is -0.669. The molecule has 0 aromatic carbocycles. The number of hydrogen-bond donors (Lipinski definition) is 3. The maximum Gasteiger partial charge on any atom is 0.349 e. The number of nitrogens with two attached hydrogens (primary N) is 1. The fourth-order valence-electron chi connectivity index (χ4n) is 2.20. The van der Waals surface area contributed by atoms with Crippen LogP contribution < -0.4 is 11.4 Å². The van der Waals surface area contributed by atoms with E-state index in [9.17, 15) is 14.3 Å². The van der Waals surface area contributed by atoms with Crippen LogP contribution in [-0.2, 0) is 0 Å². The van der Waals surface area contributed by atoms with Crippen molar-refractivity contribution in [2.75, 3.05) is 12.3 Å². The first kappa shape index (κ1) is 12.0. The zero-order valence-corrected chi connectivity index (χ0v) is 9.08. The monoisotopic (exact) mass is 243 g/mol. The minimum absolute atomic E-state index is 0.0763. The van der Waals surface area contributed by atoms with Crippen LogP contribution in [0.15, 0.2) is 17.1 Å². The number of aliphatic hydroxyl groups excluding tert-OH is 2. The van der Waals surface area contributed by atoms with Gasteiger partial charge in [-0.3, -0.25) is 4.57 Å². The van der Waals surface area contributed by atoms with Crippen LogP contribution in [0, 0.1) is 0 Å². The Bertz CT molecular complexity index is 478. The van der Waals surface area contributed by atoms with Crippen LogP contribution in [0.3, 0.4) is 0 Å². The Labute approximate surface area is 96.5 Å². The molecule has 1 aliphatic carbocycles. The summed E-state index contributed by atoms with van der Waals surface area (Å²) in [7, 11) is 0. The lowest BCUT2D eigenvalue weighted by Crippen LogP contribution is -2.31. The van der Waals surface area contributed by atoms with Crippen LogP contribution in [0.25, 0.3) is 0 Å². The normalized spacial score (nSPS) is 32.9. The number of anilines is 1. The minimum Gasteiger partial charge on any atom is -0.393 e. The van der Waals surface area contributed by atoms with E-state index >= 15 is 0 Å². The molecule has 0 radical (unpaired) electrons. The van der Waals surface area contributed by atoms with E-state index < -0.39 is 30.1 Å². The summed E-state index contributed by atoms with van der Waals surface area (Å²) in [5, 5.41) is 18.6. The molecule has 0 aliphatic heterocycles. The number of nitrogen functional groups attached to an aromatic ring is 1. The zero-order valence-electron chi connectivity index (χ0n) is 9.08. The standard InChI is InChI=1S/C10H14FN3O3/c11-10(5-15)3-6(7(16)4-10)14-2-1-8(12)13-9(14)17/h1-2,6-7,15-16H,3-5H2,(H2,12,13,17)/t6?,7?,10-/m0/s1. The maximum atomic E-state index is 13.9. The molecule has 2 rings (SSSR count). The van der Waals surface area contributed by atoms with Crippen LogP contribution in [0.1, 0.15) is 18.9 Å². The molecule has 0 spiro atoms. The summed E-state index contributed by atoms with van der Waals surface area (Å²) in [4.78, 5) is 15.1. The predicted molar refractivity (Wildman–Crippen MR) is 58.1 cm³/mol. The van der Waals surface area contributed by atoms with Crippen molar-refractivity contribution in [1.29, 1.82) is 0 Å². The number of alkyl halides is 1. The second kappa shape index (κ2) is 4.08. The summed E-state index contributed by atoms with van der Waals surface area (Å²) in [5.74, 6) is 0.0763. The Morgan fingerprint density at radius 3 is 2.88 bits per heavy atom. The van der Waals surface area contributed by atoms with E-state index in [2.05, 4.69) is 4.98 Å². The van der Waals surface area contributed by atoms with Gasteiger partial charge in [0.2, 0.25) is 0 Å². The third kappa shape index (κ3) is 2.16. The zero-order chi connectivity index (χ0) is 12.6. The molecule has 1 aromatic rings. The van der Waals surface area contributed by atoms with Gasteiger partial charge in [0.05, 0.1) is 18.8 Å². The molecule has 7 heteroatoms. The summed E-state index contributed by atoms with van der Waals surface area (Å²) in [5.41, 5.74) is 2.87. The van der Waals surface area contributed by atoms with Crippen molar-refractivity contribution >= 4 is 5.82 Å². The lowest BCUT2D eigenvalue weighted by atomic mass is 10.1. The number of aliphatic hydroxyl groups is 2. The second-order valence-electron chi connectivity index (χ2n) is 4.39. The summed E-state index contributed by atoms with van der Waals surface area (Å²) in [6.07, 6.45) is 0.0540. The van der Waals surface area contributed by atoms with Crippen LogP contribution >= 0.6 is 0 Å². The first-order chi connectivity index (χ1) is 7.95. The Hall–Kier alpha value is -1.47. The molecule has 4 N–H and O–H groups in total. The Kier molecular flexibility index (Phi) is 2.88. The lowest BCUT2D eigenvalue weighted by molar-refractivity contribution is 0.0606. The highest BCUT2D eigenvalue weighted by atomic mass is 19.1. The van der Waals surface area contributed by atoms with Crippen LogP contribution in [0.4, 0.5) is 10.2 Å². The molecule has 3 atom stereocenters. The van der Waals surface area contributed by atoms with Crippen LogP contribution in [0.2, 0.25) is 0 Å². The largest absolute Gasteiger partial charge is 0.393 e. The van der Waals surface area contributed by atoms with Gasteiger partial charge in [-0.2, -0.15) is 4.98 Å². The number of nitrogens with zero attached hydrogens (tertiary/aromatic N) is 2. The lowest BCUT2D eigenvalue weighted by Gasteiger charge is -2.17. The van der Waals surface area contributed by atoms with Gasteiger partial charge in [-0.15, -0.1) is 0 Å². The van der Waals surface area contributed by atoms with Crippen LogP contribution in [0.5, 0.6) is 0 Å². The quantitative estimate of drug-likeness (QED) is 0.632. The van der Waals surface area contributed by atoms with E-state index in [1.165, 1.54) is 12.3 Å². The van der Waals surface area contributed by atoms with Crippen molar-refractivity contribution in [3.05, 3.63) is 22.7 Å². The smallest absolute Gasteiger partial charge is 0.349 e. The summed E-state index contributed by atoms with van der Waals surface area (Å²) in [6, 6.07) is 0.693. The van der Waals surface area contributed by atoms with Gasteiger partial charge in [-0.05, 0) is 6.07 Å². The van der Waals surface area contributed by atoms with Crippen LogP contribution in [-0.4, -0.2) is 38.1 Å². The van der Waals surface area contributed by atoms with Gasteiger partial charge >= 0.3 is 5.69 Å². The molecule has 1 aromatic heterocycles. The van der Waals surface area contributed by atoms with Crippen molar-refractivity contribution < 1.29 is 14.6 Å². The van der Waals surface area contributed by atoms with E-state index in [1.807, 2.05) is 0 Å². The van der Waals surface area contributed by atoms with E-state index in [0.29, 0.717) is 0 Å². The number of halogens is 1. The van der Waals surface area contributed by atoms with Crippen molar-refractivity contribution in [3.8, 4) is 0 Å². The molecule has 94 valence electrons. The van der Waals surface area contributed by atoms with Gasteiger partial charge in [0, 0.05) is 19.0 Å². The number of hydrogen-bond acceptors (Lipinski definition) is 5. The highest BCUT2D eigenvalue weighted by Gasteiger charge is 2.46. The molecule has 17 heavy (non-hydrogen) atoms. The Morgan fingerprint density at radius 2 is 2.35 bits per heavy atom. The Morgan fingerprint density at radius 1 is 1.65 bits per heavy atom. The van der Waals surface area contributed by atoms with Crippen molar-refractivity contribution in [3.63, 3.8) is 0 Å². The van der Waals surface area contributed by atoms with Gasteiger partial charge in [0.25, 0.3) is 0 Å². The molecule has 1 saturated carbocycles. The SMILES string of the molecule is Nc1ccn(C2C[C@@](F)(CO)CC2O)c(=O)n1. The topological polar surface area (TPSA) is 101 Å². The summed E-state index contributed by atoms with van der Waals surface area (Å²) < 4.78 is 15.0. The van der Waals surface area contributed by atoms with Crippen molar-refractivity contribution in [2.45, 2.75) is 30.7 Å². The Balaban J connectivity index is 2.32. The molecular formula is C10H14FN3O3. The molecule has 1 aliphatic rings. The highest BCUT2D eigenvalue weighted by Crippen LogP contribution is 2.39. The predicted octanol–water partition coefficient (Wildman–Crippen LogP) is -0.778. The fraction of sp³-hybridized carbons (Fsp3) is 0.600. The molecule has 6 nitrogen and oxygen atoms in total. The summed E-state index contributed by atoms with van der Waals surface area (Å²) >= 11 is 0. The van der Waals surface area contributed by atoms with E-state index in [0.717, 1.165) is 4.57 Å². The first-order valence-electron chi connectivity index (χ1n) is 5.28. The fourth-order valence-corrected chi connectivity index (χ4v) is 2.20. The molecule has 1 fully saturated rings. The van der Waals surface area contributed by atoms with Gasteiger partial charge in [-0.25, -0.2) is 9.18 Å². The third-order valence-corrected chi connectivity index (χ3v) is 3.09. The molecule has 0 amide bonds. The van der Waals surface area contributed by atoms with Gasteiger partial charge in [-0.1, -0.05) is 0 Å². The molecule has 0 bridgehead atoms. The first-order valence-corrected chi connectivity index (χ1v) is 5.28. The van der Waals surface area contributed by atoms with Crippen molar-refractivity contribution in [1.82, 2.24) is 9.55 Å². The number of aromatic nitrogens is 2. The van der Waals surface area contributed by atoms with E-state index in [1.54, 1.807) is 0 Å². The minimum atomic E-state index is -1.84. The van der Waals surface area contributed by atoms with Gasteiger partial charge in [0.15, 0.2) is 0 Å². The molecule has 2 unspecified atom stereocenters. The molecule has 1 heterocycles. The maximum absolute atomic E-state index is 13.9. The average molecular weight is 243 g/mol. The highest BCUT2D eigenvalue weighted by molar-refractivity contribution is 5.23. The van der Waals surface area contributed by atoms with Gasteiger partial charge < -0.3 is 15.9 Å². The molecule has 0 saturated heterocycles. The van der Waals surface area contributed by atoms with E-state index in [-0.39, 0.29) is 18.7 Å². The molecular weight excluding hydrogens is 229 g/mol. The van der Waals surface area contributed by atoms with Gasteiger partial charge in [0.1, 0.15) is 11.5 Å². The average Bonchev–Trinajstić information content (AvgIpc) is 2.55.